The zero-order valence-corrected chi connectivity index (χ0v) is 13.3. The van der Waals surface area contributed by atoms with Crippen LogP contribution in [0.1, 0.15) is 32.1 Å². The number of halogens is 6. The van der Waals surface area contributed by atoms with E-state index in [0.717, 1.165) is 32.1 Å². The first-order valence-electron chi connectivity index (χ1n) is 6.66. The molecule has 0 aromatic heterocycles. The third kappa shape index (κ3) is 9.29. The summed E-state index contributed by atoms with van der Waals surface area (Å²) in [6.45, 7) is -7.73. The van der Waals surface area contributed by atoms with Gasteiger partial charge in [-0.25, -0.2) is 0 Å². The van der Waals surface area contributed by atoms with E-state index in [1.165, 1.54) is 0 Å². The van der Waals surface area contributed by atoms with Crippen LogP contribution in [0.4, 0.5) is 26.3 Å². The third-order valence-corrected chi connectivity index (χ3v) is 5.27. The minimum absolute atomic E-state index is 0.0486. The fourth-order valence-corrected chi connectivity index (χ4v) is 3.69. The van der Waals surface area contributed by atoms with Crippen LogP contribution in [0.15, 0.2) is 0 Å². The van der Waals surface area contributed by atoms with E-state index in [1.54, 1.807) is 0 Å². The van der Waals surface area contributed by atoms with Gasteiger partial charge in [-0.2, -0.15) is 26.3 Å². The molecule has 0 aromatic carbocycles. The van der Waals surface area contributed by atoms with Gasteiger partial charge in [-0.05, 0) is 30.6 Å². The van der Waals surface area contributed by atoms with Gasteiger partial charge in [0.05, 0.1) is 6.61 Å². The standard InChI is InChI=1S/C11H17F6O3PS/c12-10(13,14)7-19-21(22,20-8-11(15,16)17)18-6-9-4-2-1-3-5-9/h9H,1-8H2. The van der Waals surface area contributed by atoms with Crippen LogP contribution in [0, 0.1) is 5.92 Å². The molecule has 0 radical (unpaired) electrons. The average Bonchev–Trinajstić information content (AvgIpc) is 2.41. The molecule has 0 spiro atoms. The summed E-state index contributed by atoms with van der Waals surface area (Å²) in [4.78, 5) is 0. The second kappa shape index (κ2) is 8.28. The lowest BCUT2D eigenvalue weighted by Gasteiger charge is -2.27. The van der Waals surface area contributed by atoms with Crippen LogP contribution in [0.5, 0.6) is 0 Å². The van der Waals surface area contributed by atoms with Crippen LogP contribution in [-0.4, -0.2) is 32.2 Å². The Morgan fingerprint density at radius 1 is 0.818 bits per heavy atom. The first kappa shape index (κ1) is 20.2. The van der Waals surface area contributed by atoms with Crippen LogP contribution in [-0.2, 0) is 25.4 Å². The molecule has 132 valence electrons. The number of hydrogen-bond acceptors (Lipinski definition) is 4. The maximum Gasteiger partial charge on any atom is 0.412 e. The Bertz CT molecular complexity index is 359. The lowest BCUT2D eigenvalue weighted by molar-refractivity contribution is -0.167. The first-order valence-corrected chi connectivity index (χ1v) is 9.22. The average molecular weight is 374 g/mol. The van der Waals surface area contributed by atoms with Crippen molar-refractivity contribution in [2.45, 2.75) is 44.5 Å². The fraction of sp³-hybridized carbons (Fsp3) is 1.00. The molecule has 0 aromatic rings. The lowest BCUT2D eigenvalue weighted by atomic mass is 9.90. The fourth-order valence-electron chi connectivity index (χ4n) is 1.97. The molecule has 1 aliphatic carbocycles. The van der Waals surface area contributed by atoms with Gasteiger partial charge in [0.25, 0.3) is 0 Å². The highest BCUT2D eigenvalue weighted by Gasteiger charge is 2.37. The maximum atomic E-state index is 12.2. The molecule has 0 heterocycles. The highest BCUT2D eigenvalue weighted by molar-refractivity contribution is 8.07. The minimum atomic E-state index is -4.72. The summed E-state index contributed by atoms with van der Waals surface area (Å²) in [6, 6.07) is 0. The van der Waals surface area contributed by atoms with Crippen LogP contribution in [0.3, 0.4) is 0 Å². The van der Waals surface area contributed by atoms with Crippen molar-refractivity contribution in [3.05, 3.63) is 0 Å². The normalized spacial score (nSPS) is 18.6. The SMILES string of the molecule is FC(F)(F)COP(=S)(OCC1CCCCC1)OCC(F)(F)F. The summed E-state index contributed by atoms with van der Waals surface area (Å²) >= 11 is 4.65. The summed E-state index contributed by atoms with van der Waals surface area (Å²) < 4.78 is 86.7. The molecule has 0 saturated heterocycles. The highest BCUT2D eigenvalue weighted by atomic mass is 32.5. The van der Waals surface area contributed by atoms with Gasteiger partial charge in [0.1, 0.15) is 0 Å². The smallest absolute Gasteiger partial charge is 0.308 e. The number of alkyl halides is 6. The van der Waals surface area contributed by atoms with Crippen molar-refractivity contribution in [3.8, 4) is 0 Å². The molecule has 3 nitrogen and oxygen atoms in total. The van der Waals surface area contributed by atoms with E-state index >= 15 is 0 Å². The van der Waals surface area contributed by atoms with Crippen molar-refractivity contribution in [1.29, 1.82) is 0 Å². The molecule has 11 heteroatoms. The zero-order chi connectivity index (χ0) is 16.9. The van der Waals surface area contributed by atoms with E-state index in [-0.39, 0.29) is 12.5 Å². The molecular formula is C11H17F6O3PS. The Morgan fingerprint density at radius 2 is 1.27 bits per heavy atom. The van der Waals surface area contributed by atoms with Gasteiger partial charge in [-0.15, -0.1) is 0 Å². The Hall–Kier alpha value is 0.110. The van der Waals surface area contributed by atoms with Gasteiger partial charge in [-0.3, -0.25) is 9.05 Å². The Morgan fingerprint density at radius 3 is 1.68 bits per heavy atom. The van der Waals surface area contributed by atoms with Crippen molar-refractivity contribution >= 4 is 18.5 Å². The van der Waals surface area contributed by atoms with Crippen molar-refractivity contribution in [2.75, 3.05) is 19.8 Å². The second-order valence-corrected chi connectivity index (χ2v) is 8.03. The van der Waals surface area contributed by atoms with E-state index in [1.807, 2.05) is 0 Å². The van der Waals surface area contributed by atoms with E-state index < -0.39 is 32.3 Å². The molecule has 0 N–H and O–H groups in total. The predicted molar refractivity (Wildman–Crippen MR) is 70.8 cm³/mol. The molecule has 0 amide bonds. The van der Waals surface area contributed by atoms with Crippen LogP contribution in [0.2, 0.25) is 0 Å². The largest absolute Gasteiger partial charge is 0.412 e. The van der Waals surface area contributed by atoms with Gasteiger partial charge >= 0.3 is 19.1 Å². The molecule has 0 atom stereocenters. The van der Waals surface area contributed by atoms with Crippen LogP contribution >= 0.6 is 6.72 Å². The van der Waals surface area contributed by atoms with Crippen molar-refractivity contribution in [3.63, 3.8) is 0 Å². The minimum Gasteiger partial charge on any atom is -0.308 e. The van der Waals surface area contributed by atoms with E-state index in [0.29, 0.717) is 0 Å². The quantitative estimate of drug-likeness (QED) is 0.465. The topological polar surface area (TPSA) is 27.7 Å². The monoisotopic (exact) mass is 374 g/mol. The molecule has 0 aliphatic heterocycles. The molecule has 0 unspecified atom stereocenters. The van der Waals surface area contributed by atoms with Crippen LogP contribution in [0.25, 0.3) is 0 Å². The maximum absolute atomic E-state index is 12.2. The van der Waals surface area contributed by atoms with Crippen LogP contribution < -0.4 is 0 Å². The Kier molecular flexibility index (Phi) is 7.59. The molecule has 1 fully saturated rings. The molecule has 0 bridgehead atoms. The van der Waals surface area contributed by atoms with Crippen molar-refractivity contribution in [2.24, 2.45) is 5.92 Å². The van der Waals surface area contributed by atoms with Gasteiger partial charge in [0.15, 0.2) is 13.2 Å². The summed E-state index contributed by atoms with van der Waals surface area (Å²) in [6.07, 6.45) is -4.89. The highest BCUT2D eigenvalue weighted by Crippen LogP contribution is 2.52. The molecule has 22 heavy (non-hydrogen) atoms. The molecular weight excluding hydrogens is 357 g/mol. The first-order chi connectivity index (χ1) is 9.99. The summed E-state index contributed by atoms with van der Waals surface area (Å²) in [5, 5.41) is 0. The molecule has 1 saturated carbocycles. The van der Waals surface area contributed by atoms with Gasteiger partial charge in [0.2, 0.25) is 0 Å². The third-order valence-electron chi connectivity index (χ3n) is 2.97. The molecule has 1 rings (SSSR count). The van der Waals surface area contributed by atoms with E-state index in [4.69, 9.17) is 4.52 Å². The lowest BCUT2D eigenvalue weighted by Crippen LogP contribution is -2.21. The van der Waals surface area contributed by atoms with Crippen molar-refractivity contribution < 1.29 is 39.9 Å². The zero-order valence-electron chi connectivity index (χ0n) is 11.6. The second-order valence-electron chi connectivity index (χ2n) is 5.02. The predicted octanol–water partition coefficient (Wildman–Crippen LogP) is 4.97. The van der Waals surface area contributed by atoms with Gasteiger partial charge < -0.3 is 4.52 Å². The van der Waals surface area contributed by atoms with Gasteiger partial charge in [0, 0.05) is 0 Å². The number of hydrogen-bond donors (Lipinski definition) is 0. The summed E-state index contributed by atoms with van der Waals surface area (Å²) in [5.41, 5.74) is 0. The summed E-state index contributed by atoms with van der Waals surface area (Å²) in [7, 11) is 0. The molecule has 1 aliphatic rings. The summed E-state index contributed by atoms with van der Waals surface area (Å²) in [5.74, 6) is 0.0556. The Balaban J connectivity index is 2.57. The van der Waals surface area contributed by atoms with Gasteiger partial charge in [-0.1, -0.05) is 19.3 Å². The Labute approximate surface area is 129 Å². The van der Waals surface area contributed by atoms with Crippen molar-refractivity contribution in [1.82, 2.24) is 0 Å². The van der Waals surface area contributed by atoms with E-state index in [2.05, 4.69) is 20.9 Å². The van der Waals surface area contributed by atoms with E-state index in [9.17, 15) is 26.3 Å². The number of rotatable bonds is 7.